The summed E-state index contributed by atoms with van der Waals surface area (Å²) in [6.07, 6.45) is 3.28. The van der Waals surface area contributed by atoms with Crippen LogP contribution in [0.1, 0.15) is 63.9 Å². The zero-order chi connectivity index (χ0) is 40.2. The summed E-state index contributed by atoms with van der Waals surface area (Å²) in [5.74, 6) is -6.10. The molecule has 0 bridgehead atoms. The topological polar surface area (TPSA) is 141 Å². The molecule has 2 aliphatic rings. The lowest BCUT2D eigenvalue weighted by molar-refractivity contribution is -0.113. The first kappa shape index (κ1) is 43.5. The summed E-state index contributed by atoms with van der Waals surface area (Å²) in [6, 6.07) is 13.2. The third-order valence-corrected chi connectivity index (χ3v) is 11.3. The van der Waals surface area contributed by atoms with E-state index >= 15 is 0 Å². The van der Waals surface area contributed by atoms with Gasteiger partial charge in [-0.25, -0.2) is 28.5 Å². The molecule has 6 N–H and O–H groups in total. The van der Waals surface area contributed by atoms with Crippen LogP contribution in [0.15, 0.2) is 57.5 Å². The van der Waals surface area contributed by atoms with Crippen molar-refractivity contribution < 1.29 is 47.0 Å². The van der Waals surface area contributed by atoms with Gasteiger partial charge in [-0.15, -0.1) is 0 Å². The van der Waals surface area contributed by atoms with Crippen molar-refractivity contribution in [3.05, 3.63) is 110 Å². The van der Waals surface area contributed by atoms with E-state index in [4.69, 9.17) is 9.68 Å². The van der Waals surface area contributed by atoms with E-state index in [1.54, 1.807) is 12.1 Å². The first-order valence-corrected chi connectivity index (χ1v) is 20.3. The van der Waals surface area contributed by atoms with Crippen molar-refractivity contribution in [3.8, 4) is 0 Å². The lowest BCUT2D eigenvalue weighted by Crippen LogP contribution is -2.44. The van der Waals surface area contributed by atoms with Crippen LogP contribution in [0.2, 0.25) is 0 Å². The second kappa shape index (κ2) is 18.3. The van der Waals surface area contributed by atoms with E-state index in [-0.39, 0.29) is 44.7 Å². The minimum absolute atomic E-state index is 0.0669. The Kier molecular flexibility index (Phi) is 14.5. The third-order valence-electron chi connectivity index (χ3n) is 8.83. The molecule has 2 fully saturated rings. The summed E-state index contributed by atoms with van der Waals surface area (Å²) in [5, 5.41) is 25.4. The number of hydrogen-bond donors (Lipinski definition) is 6. The van der Waals surface area contributed by atoms with E-state index < -0.39 is 46.3 Å². The van der Waals surface area contributed by atoms with Gasteiger partial charge in [0.05, 0.1) is 42.6 Å². The molecule has 0 heterocycles. The SMILES string of the molecule is Cc1cc(I)ccc1Nc1c(C(=O)NOCC2(O)CC2)cc(Br)c(F)c1F.Cc1cc(I)ccc1Nc1c(C(=O)NOCC2(O)CCC2)cc(Br)c(F)c1F. The van der Waals surface area contributed by atoms with Crippen LogP contribution in [-0.2, 0) is 9.68 Å². The van der Waals surface area contributed by atoms with E-state index in [0.29, 0.717) is 37.1 Å². The molecule has 0 saturated heterocycles. The second-order valence-electron chi connectivity index (χ2n) is 13.2. The van der Waals surface area contributed by atoms with E-state index in [9.17, 15) is 37.4 Å². The van der Waals surface area contributed by atoms with Crippen molar-refractivity contribution in [1.82, 2.24) is 11.0 Å². The van der Waals surface area contributed by atoms with Crippen LogP contribution in [-0.4, -0.2) is 46.4 Å². The molecule has 0 spiro atoms. The van der Waals surface area contributed by atoms with Crippen molar-refractivity contribution in [2.45, 2.75) is 57.2 Å². The van der Waals surface area contributed by atoms with Crippen molar-refractivity contribution in [2.24, 2.45) is 0 Å². The fourth-order valence-corrected chi connectivity index (χ4v) is 7.30. The largest absolute Gasteiger partial charge is 0.387 e. The number of hydrogen-bond acceptors (Lipinski definition) is 8. The second-order valence-corrected chi connectivity index (χ2v) is 17.4. The maximum atomic E-state index is 14.6. The lowest BCUT2D eigenvalue weighted by atomic mass is 9.81. The molecule has 2 saturated carbocycles. The van der Waals surface area contributed by atoms with Crippen molar-refractivity contribution in [3.63, 3.8) is 0 Å². The monoisotopic (exact) mass is 1120 g/mol. The molecule has 10 nitrogen and oxygen atoms in total. The summed E-state index contributed by atoms with van der Waals surface area (Å²) in [7, 11) is 0. The van der Waals surface area contributed by atoms with Gasteiger partial charge in [-0.05, 0) is 183 Å². The number of aryl methyl sites for hydroxylation is 2. The molecule has 0 aliphatic heterocycles. The van der Waals surface area contributed by atoms with Gasteiger partial charge in [-0.2, -0.15) is 0 Å². The average molecular weight is 1120 g/mol. The van der Waals surface area contributed by atoms with Crippen LogP contribution >= 0.6 is 77.0 Å². The lowest BCUT2D eigenvalue weighted by Gasteiger charge is -2.35. The van der Waals surface area contributed by atoms with Crippen molar-refractivity contribution >= 4 is 112 Å². The first-order valence-electron chi connectivity index (χ1n) is 16.6. The maximum absolute atomic E-state index is 14.6. The highest BCUT2D eigenvalue weighted by molar-refractivity contribution is 14.1. The number of aliphatic hydroxyl groups is 2. The fourth-order valence-electron chi connectivity index (χ4n) is 5.20. The Morgan fingerprint density at radius 3 is 1.38 bits per heavy atom. The van der Waals surface area contributed by atoms with Crippen LogP contribution < -0.4 is 21.6 Å². The summed E-state index contributed by atoms with van der Waals surface area (Å²) < 4.78 is 59.0. The standard InChI is InChI=1S/C19H18BrF2IN2O3.C18H16BrF2IN2O3/c1-10-7-11(23)3-4-14(10)24-17-12(8-13(20)15(21)16(17)22)18(26)25-28-9-19(27)5-2-6-19;1-9-6-10(22)2-3-13(9)23-16-11(7-12(19)14(20)15(16)21)17(25)24-27-8-18(26)4-5-18/h3-4,7-8,24,27H,2,5-6,9H2,1H3,(H,25,26);2-3,6-7,23,26H,4-5,8H2,1H3,(H,24,25). The molecule has 6 rings (SSSR count). The van der Waals surface area contributed by atoms with E-state index in [2.05, 4.69) is 98.6 Å². The number of rotatable bonds is 12. The molecule has 18 heteroatoms. The minimum Gasteiger partial charge on any atom is -0.387 e. The van der Waals surface area contributed by atoms with Crippen LogP contribution in [0.4, 0.5) is 40.3 Å². The quantitative estimate of drug-likeness (QED) is 0.0357. The summed E-state index contributed by atoms with van der Waals surface area (Å²) >= 11 is 10.1. The smallest absolute Gasteiger partial charge is 0.277 e. The Morgan fingerprint density at radius 2 is 1.05 bits per heavy atom. The number of halogens is 8. The van der Waals surface area contributed by atoms with Gasteiger partial charge in [0.2, 0.25) is 0 Å². The van der Waals surface area contributed by atoms with Crippen LogP contribution in [0.3, 0.4) is 0 Å². The van der Waals surface area contributed by atoms with Gasteiger partial charge in [-0.1, -0.05) is 0 Å². The highest BCUT2D eigenvalue weighted by Gasteiger charge is 2.41. The zero-order valence-corrected chi connectivity index (χ0v) is 36.6. The Labute approximate surface area is 358 Å². The normalized spacial score (nSPS) is 14.9. The molecule has 0 aromatic heterocycles. The number of nitrogens with one attached hydrogen (secondary N) is 4. The molecule has 4 aromatic carbocycles. The highest BCUT2D eigenvalue weighted by Crippen LogP contribution is 2.36. The van der Waals surface area contributed by atoms with Gasteiger partial charge in [0.1, 0.15) is 13.2 Å². The van der Waals surface area contributed by atoms with Crippen molar-refractivity contribution in [1.29, 1.82) is 0 Å². The van der Waals surface area contributed by atoms with Gasteiger partial charge in [0.15, 0.2) is 23.3 Å². The molecule has 0 radical (unpaired) electrons. The highest BCUT2D eigenvalue weighted by atomic mass is 127. The number of benzene rings is 4. The Bertz CT molecular complexity index is 2130. The van der Waals surface area contributed by atoms with Crippen LogP contribution in [0, 0.1) is 44.3 Å². The zero-order valence-electron chi connectivity index (χ0n) is 29.1. The maximum Gasteiger partial charge on any atom is 0.277 e. The molecule has 0 unspecified atom stereocenters. The Morgan fingerprint density at radius 1 is 0.673 bits per heavy atom. The van der Waals surface area contributed by atoms with Crippen LogP contribution in [0.5, 0.6) is 0 Å². The Hall–Kier alpha value is -2.60. The average Bonchev–Trinajstić information content (AvgIpc) is 3.86. The third kappa shape index (κ3) is 11.1. The van der Waals surface area contributed by atoms with Gasteiger partial charge in [0, 0.05) is 18.5 Å². The van der Waals surface area contributed by atoms with Gasteiger partial charge < -0.3 is 20.8 Å². The molecule has 0 atom stereocenters. The summed E-state index contributed by atoms with van der Waals surface area (Å²) in [4.78, 5) is 35.1. The summed E-state index contributed by atoms with van der Waals surface area (Å²) in [6.45, 7) is 3.50. The molecule has 2 aliphatic carbocycles. The fraction of sp³-hybridized carbons (Fsp3) is 0.297. The van der Waals surface area contributed by atoms with E-state index in [1.807, 2.05) is 38.1 Å². The van der Waals surface area contributed by atoms with E-state index in [1.165, 1.54) is 12.1 Å². The number of amides is 2. The Balaban J connectivity index is 0.000000211. The number of carbonyl (C=O) groups excluding carboxylic acids is 2. The number of carbonyl (C=O) groups is 2. The van der Waals surface area contributed by atoms with Crippen LogP contribution in [0.25, 0.3) is 0 Å². The predicted octanol–water partition coefficient (Wildman–Crippen LogP) is 9.53. The molecular weight excluding hydrogens is 1090 g/mol. The summed E-state index contributed by atoms with van der Waals surface area (Å²) in [5.41, 5.74) is 4.34. The van der Waals surface area contributed by atoms with Gasteiger partial charge >= 0.3 is 0 Å². The van der Waals surface area contributed by atoms with Crippen molar-refractivity contribution in [2.75, 3.05) is 23.8 Å². The van der Waals surface area contributed by atoms with E-state index in [0.717, 1.165) is 24.7 Å². The molecule has 2 amide bonds. The minimum atomic E-state index is -1.19. The molecular formula is C37H34Br2F4I2N4O6. The number of anilines is 4. The molecule has 55 heavy (non-hydrogen) atoms. The number of hydroxylamine groups is 2. The molecule has 294 valence electrons. The van der Waals surface area contributed by atoms with Gasteiger partial charge in [0.25, 0.3) is 11.8 Å². The predicted molar refractivity (Wildman–Crippen MR) is 222 cm³/mol. The molecule has 4 aromatic rings. The first-order chi connectivity index (χ1) is 25.9. The van der Waals surface area contributed by atoms with Gasteiger partial charge in [-0.3, -0.25) is 19.3 Å².